The molecule has 2 aromatic rings. The van der Waals surface area contributed by atoms with Gasteiger partial charge in [0.05, 0.1) is 12.8 Å². The quantitative estimate of drug-likeness (QED) is 0.0326. The Bertz CT molecular complexity index is 2910. The Morgan fingerprint density at radius 2 is 0.883 bits per heavy atom. The van der Waals surface area contributed by atoms with Gasteiger partial charge in [-0.25, -0.2) is 9.59 Å². The number of rotatable bonds is 33. The van der Waals surface area contributed by atoms with Gasteiger partial charge in [0.15, 0.2) is 0 Å². The van der Waals surface area contributed by atoms with Crippen LogP contribution in [0.2, 0.25) is 0 Å². The molecule has 2 aromatic carbocycles. The van der Waals surface area contributed by atoms with Gasteiger partial charge in [-0.1, -0.05) is 48.5 Å². The number of ether oxygens (including phenoxy) is 7. The summed E-state index contributed by atoms with van der Waals surface area (Å²) in [6.07, 6.45) is 2.38. The Morgan fingerprint density at radius 3 is 1.28 bits per heavy atom. The maximum atomic E-state index is 13.2. The number of carbonyl (C=O) groups excluding carboxylic acids is 12. The highest BCUT2D eigenvalue weighted by atomic mass is 16.6. The first-order valence-corrected chi connectivity index (χ1v) is 31.7. The minimum absolute atomic E-state index is 0.00911. The molecule has 1 heterocycles. The molecule has 4 rings (SSSR count). The van der Waals surface area contributed by atoms with Crippen LogP contribution >= 0.6 is 0 Å². The molecular weight excluding hydrogens is 1220 g/mol. The zero-order valence-electron chi connectivity index (χ0n) is 57.9. The number of benzene rings is 2. The van der Waals surface area contributed by atoms with E-state index in [-0.39, 0.29) is 102 Å². The fraction of sp³-hybridized carbons (Fsp3) is 0.618. The molecule has 0 saturated carbocycles. The number of ketones is 1. The minimum atomic E-state index is -1.17. The van der Waals surface area contributed by atoms with Crippen molar-refractivity contribution in [1.82, 2.24) is 35.1 Å². The summed E-state index contributed by atoms with van der Waals surface area (Å²) in [5.74, 6) is -4.90. The van der Waals surface area contributed by atoms with Crippen LogP contribution < -0.4 is 10.6 Å². The van der Waals surface area contributed by atoms with E-state index >= 15 is 0 Å². The molecule has 2 atom stereocenters. The summed E-state index contributed by atoms with van der Waals surface area (Å²) in [7, 11) is 5.99. The van der Waals surface area contributed by atoms with E-state index in [1.54, 1.807) is 97.2 Å². The molecule has 1 aliphatic heterocycles. The molecule has 1 aliphatic carbocycles. The van der Waals surface area contributed by atoms with E-state index in [9.17, 15) is 57.5 Å². The van der Waals surface area contributed by atoms with Gasteiger partial charge in [0, 0.05) is 111 Å². The van der Waals surface area contributed by atoms with Gasteiger partial charge in [0.2, 0.25) is 23.6 Å². The topological polar surface area (TPSA) is 310 Å². The van der Waals surface area contributed by atoms with E-state index in [4.69, 9.17) is 33.2 Å². The molecule has 94 heavy (non-hydrogen) atoms. The number of carbonyl (C=O) groups is 12. The van der Waals surface area contributed by atoms with Crippen LogP contribution in [0.1, 0.15) is 158 Å². The third-order valence-corrected chi connectivity index (χ3v) is 14.0. The molecule has 0 bridgehead atoms. The van der Waals surface area contributed by atoms with Crippen molar-refractivity contribution in [2.24, 2.45) is 0 Å². The zero-order valence-corrected chi connectivity index (χ0v) is 57.9. The van der Waals surface area contributed by atoms with E-state index in [2.05, 4.69) is 34.9 Å². The Labute approximate surface area is 553 Å². The summed E-state index contributed by atoms with van der Waals surface area (Å²) < 4.78 is 38.0. The van der Waals surface area contributed by atoms with E-state index in [1.807, 2.05) is 24.3 Å². The second kappa shape index (κ2) is 37.6. The molecular formula is C68H101N7O19. The summed E-state index contributed by atoms with van der Waals surface area (Å²) in [6, 6.07) is 13.9. The molecule has 522 valence electrons. The van der Waals surface area contributed by atoms with Crippen LogP contribution in [0, 0.1) is 0 Å². The number of imide groups is 1. The van der Waals surface area contributed by atoms with Gasteiger partial charge in [-0.15, -0.1) is 0 Å². The average Bonchev–Trinajstić information content (AvgIpc) is 1.62. The third-order valence-electron chi connectivity index (χ3n) is 14.0. The predicted octanol–water partition coefficient (Wildman–Crippen LogP) is 6.67. The van der Waals surface area contributed by atoms with Gasteiger partial charge in [-0.2, -0.15) is 0 Å². The number of nitrogens with one attached hydrogen (secondary N) is 2. The summed E-state index contributed by atoms with van der Waals surface area (Å²) >= 11 is 0. The van der Waals surface area contributed by atoms with Crippen LogP contribution in [0.25, 0.3) is 11.1 Å². The SMILES string of the molecule is CN(CCCNC(=O)[C@H](CC(=O)OC(C)(C)C)N(C)C(=O)COCCCC(=O)CCN1C(=O)C=CC1=O)C(=O)OC(C)(C)C.CN(CCCNC(=O)[C@H](CC(=O)OC(C)(C)C)N(C)C(=O)COCCCC(=O)OCC1c2ccccc2-c2ccccc21)C(=O)OC(C)(C)C. The lowest BCUT2D eigenvalue weighted by molar-refractivity contribution is -0.160. The first-order valence-electron chi connectivity index (χ1n) is 31.7. The van der Waals surface area contributed by atoms with Crippen molar-refractivity contribution in [3.8, 4) is 11.1 Å². The monoisotopic (exact) mass is 1320 g/mol. The Kier molecular flexibility index (Phi) is 32.0. The highest BCUT2D eigenvalue weighted by Gasteiger charge is 2.35. The van der Waals surface area contributed by atoms with Gasteiger partial charge in [-0.3, -0.25) is 52.8 Å². The number of esters is 3. The predicted molar refractivity (Wildman–Crippen MR) is 347 cm³/mol. The van der Waals surface area contributed by atoms with Gasteiger partial charge in [0.25, 0.3) is 11.8 Å². The van der Waals surface area contributed by atoms with Crippen LogP contribution in [-0.4, -0.2) is 224 Å². The number of hydrogen-bond donors (Lipinski definition) is 2. The normalized spacial score (nSPS) is 13.4. The number of nitrogens with zero attached hydrogens (tertiary/aromatic N) is 5. The average molecular weight is 1320 g/mol. The molecule has 0 unspecified atom stereocenters. The van der Waals surface area contributed by atoms with Crippen molar-refractivity contribution in [2.45, 2.75) is 181 Å². The van der Waals surface area contributed by atoms with Crippen molar-refractivity contribution in [3.05, 3.63) is 71.8 Å². The van der Waals surface area contributed by atoms with Crippen LogP contribution in [0.5, 0.6) is 0 Å². The van der Waals surface area contributed by atoms with E-state index < -0.39 is 94.1 Å². The van der Waals surface area contributed by atoms with Crippen molar-refractivity contribution in [3.63, 3.8) is 0 Å². The molecule has 2 N–H and O–H groups in total. The molecule has 0 fully saturated rings. The van der Waals surface area contributed by atoms with Crippen LogP contribution in [0.4, 0.5) is 9.59 Å². The van der Waals surface area contributed by atoms with Crippen molar-refractivity contribution < 1.29 is 90.7 Å². The fourth-order valence-corrected chi connectivity index (χ4v) is 9.31. The molecule has 8 amide bonds. The fourth-order valence-electron chi connectivity index (χ4n) is 9.31. The van der Waals surface area contributed by atoms with Crippen LogP contribution in [0.15, 0.2) is 60.7 Å². The lowest BCUT2D eigenvalue weighted by atomic mass is 9.98. The number of amides is 8. The van der Waals surface area contributed by atoms with E-state index in [0.717, 1.165) is 49.1 Å². The lowest BCUT2D eigenvalue weighted by Gasteiger charge is -2.28. The number of fused-ring (bicyclic) bond motifs is 3. The number of Topliss-reactive ketones (excluding diaryl/α,β-unsaturated/α-hetero) is 1. The summed E-state index contributed by atoms with van der Waals surface area (Å²) in [5, 5.41) is 5.46. The lowest BCUT2D eigenvalue weighted by Crippen LogP contribution is -2.50. The van der Waals surface area contributed by atoms with Crippen LogP contribution in [0.3, 0.4) is 0 Å². The third kappa shape index (κ3) is 29.8. The number of likely N-dealkylation sites (N-methyl/N-ethyl adjacent to an activating group) is 2. The Morgan fingerprint density at radius 1 is 0.500 bits per heavy atom. The minimum Gasteiger partial charge on any atom is -0.465 e. The molecule has 0 spiro atoms. The molecule has 0 radical (unpaired) electrons. The zero-order chi connectivity index (χ0) is 70.7. The van der Waals surface area contributed by atoms with Crippen LogP contribution in [-0.2, 0) is 81.1 Å². The molecule has 26 nitrogen and oxygen atoms in total. The summed E-state index contributed by atoms with van der Waals surface area (Å²) in [5.41, 5.74) is 1.75. The first kappa shape index (κ1) is 80.0. The highest BCUT2D eigenvalue weighted by Crippen LogP contribution is 2.44. The van der Waals surface area contributed by atoms with Crippen molar-refractivity contribution in [2.75, 3.05) is 93.9 Å². The Balaban J connectivity index is 0.000000495. The van der Waals surface area contributed by atoms with Crippen molar-refractivity contribution >= 4 is 71.3 Å². The molecule has 26 heteroatoms. The second-order valence-corrected chi connectivity index (χ2v) is 26.9. The smallest absolute Gasteiger partial charge is 0.410 e. The van der Waals surface area contributed by atoms with Crippen molar-refractivity contribution in [1.29, 1.82) is 0 Å². The van der Waals surface area contributed by atoms with E-state index in [1.165, 1.54) is 23.9 Å². The molecule has 2 aliphatic rings. The van der Waals surface area contributed by atoms with Gasteiger partial charge >= 0.3 is 30.1 Å². The highest BCUT2D eigenvalue weighted by molar-refractivity contribution is 6.13. The Hall–Kier alpha value is -8.26. The standard InChI is InChI=1S/C38H53N3O9.C30H48N4O10/c1-37(2,3)49-34(44)23-31(35(45)39-20-14-21-40(7)36(46)50-38(4,5)6)41(8)32(42)25-47-22-13-19-33(43)48-24-30-28-17-11-9-15-26(28)27-16-10-12-18-29(27)30;1-29(2,3)43-26(39)19-22(27(40)31-15-10-16-32(7)28(41)44-30(4,5)6)33(8)25(38)20-42-18-9-11-21(35)14-17-34-23(36)12-13-24(34)37/h9-12,15-18,30-31H,13-14,19-25H2,1-8H3,(H,39,45);12-13,22H,9-11,14-20H2,1-8H3,(H,31,40)/t31-;22-/m00/s1. The first-order chi connectivity index (χ1) is 43.8. The largest absolute Gasteiger partial charge is 0.465 e. The van der Waals surface area contributed by atoms with E-state index in [0.29, 0.717) is 38.8 Å². The van der Waals surface area contributed by atoms with Gasteiger partial charge in [0.1, 0.15) is 60.1 Å². The maximum absolute atomic E-state index is 13.2. The molecule has 0 aromatic heterocycles. The van der Waals surface area contributed by atoms with Gasteiger partial charge < -0.3 is 63.4 Å². The number of hydrogen-bond acceptors (Lipinski definition) is 19. The van der Waals surface area contributed by atoms with Gasteiger partial charge in [-0.05, 0) is 131 Å². The summed E-state index contributed by atoms with van der Waals surface area (Å²) in [4.78, 5) is 156. The summed E-state index contributed by atoms with van der Waals surface area (Å²) in [6.45, 7) is 21.6. The molecule has 0 saturated heterocycles. The maximum Gasteiger partial charge on any atom is 0.410 e. The second-order valence-electron chi connectivity index (χ2n) is 26.9.